The molecule has 0 aliphatic rings. The average Bonchev–Trinajstić information content (AvgIpc) is 2.90. The van der Waals surface area contributed by atoms with E-state index in [1.165, 1.54) is 0 Å². The number of hydrogen-bond acceptors (Lipinski definition) is 4. The molecule has 0 saturated heterocycles. The monoisotopic (exact) mass is 287 g/mol. The first kappa shape index (κ1) is 15.1. The zero-order chi connectivity index (χ0) is 15.2. The zero-order valence-corrected chi connectivity index (χ0v) is 12.3. The van der Waals surface area contributed by atoms with Gasteiger partial charge in [0.05, 0.1) is 12.5 Å². The molecule has 0 saturated carbocycles. The molecule has 1 unspecified atom stereocenters. The lowest BCUT2D eigenvalue weighted by Crippen LogP contribution is -2.33. The summed E-state index contributed by atoms with van der Waals surface area (Å²) in [6, 6.07) is 9.82. The third kappa shape index (κ3) is 3.82. The highest BCUT2D eigenvalue weighted by atomic mass is 16.4. The lowest BCUT2D eigenvalue weighted by Gasteiger charge is -2.23. The quantitative estimate of drug-likeness (QED) is 0.364. The molecule has 6 nitrogen and oxygen atoms in total. The van der Waals surface area contributed by atoms with Gasteiger partial charge >= 0.3 is 0 Å². The van der Waals surface area contributed by atoms with Crippen molar-refractivity contribution in [2.45, 2.75) is 12.5 Å². The molecule has 0 aliphatic carbocycles. The second-order valence-corrected chi connectivity index (χ2v) is 5.14. The van der Waals surface area contributed by atoms with Crippen LogP contribution in [-0.4, -0.2) is 39.1 Å². The zero-order valence-electron chi connectivity index (χ0n) is 12.3. The van der Waals surface area contributed by atoms with Crippen molar-refractivity contribution in [3.05, 3.63) is 54.1 Å². The summed E-state index contributed by atoms with van der Waals surface area (Å²) in [5, 5.41) is 12.2. The molecule has 0 bridgehead atoms. The van der Waals surface area contributed by atoms with Crippen LogP contribution in [-0.2, 0) is 13.6 Å². The van der Waals surface area contributed by atoms with Gasteiger partial charge in [-0.1, -0.05) is 35.5 Å². The Bertz CT molecular complexity index is 593. The minimum Gasteiger partial charge on any atom is -0.409 e. The SMILES string of the molecule is CN(Cc1nccn1C)CC(C(N)=NO)c1ccccc1. The molecule has 0 amide bonds. The highest BCUT2D eigenvalue weighted by Crippen LogP contribution is 2.17. The second-order valence-electron chi connectivity index (χ2n) is 5.14. The molecule has 21 heavy (non-hydrogen) atoms. The second kappa shape index (κ2) is 6.90. The molecular formula is C15H21N5O. The molecule has 2 rings (SSSR count). The van der Waals surface area contributed by atoms with Crippen molar-refractivity contribution in [1.82, 2.24) is 14.5 Å². The van der Waals surface area contributed by atoms with Gasteiger partial charge in [0.25, 0.3) is 0 Å². The van der Waals surface area contributed by atoms with Crippen LogP contribution in [0.4, 0.5) is 0 Å². The van der Waals surface area contributed by atoms with Crippen molar-refractivity contribution in [1.29, 1.82) is 0 Å². The Morgan fingerprint density at radius 3 is 2.71 bits per heavy atom. The minimum absolute atomic E-state index is 0.151. The maximum atomic E-state index is 9.01. The molecule has 6 heteroatoms. The van der Waals surface area contributed by atoms with Crippen molar-refractivity contribution in [2.75, 3.05) is 13.6 Å². The van der Waals surface area contributed by atoms with Crippen LogP contribution in [0.1, 0.15) is 17.3 Å². The van der Waals surface area contributed by atoms with Crippen LogP contribution in [0.3, 0.4) is 0 Å². The summed E-state index contributed by atoms with van der Waals surface area (Å²) in [7, 11) is 3.96. The van der Waals surface area contributed by atoms with Gasteiger partial charge in [0.2, 0.25) is 0 Å². The number of amidine groups is 1. The lowest BCUT2D eigenvalue weighted by molar-refractivity contribution is 0.297. The van der Waals surface area contributed by atoms with E-state index in [-0.39, 0.29) is 11.8 Å². The summed E-state index contributed by atoms with van der Waals surface area (Å²) in [6.07, 6.45) is 3.70. The minimum atomic E-state index is -0.151. The van der Waals surface area contributed by atoms with E-state index in [4.69, 9.17) is 10.9 Å². The fraction of sp³-hybridized carbons (Fsp3) is 0.333. The van der Waals surface area contributed by atoms with Crippen LogP contribution >= 0.6 is 0 Å². The number of nitrogens with two attached hydrogens (primary N) is 1. The first-order chi connectivity index (χ1) is 10.1. The molecule has 1 aromatic heterocycles. The number of oxime groups is 1. The van der Waals surface area contributed by atoms with Crippen LogP contribution < -0.4 is 5.73 Å². The highest BCUT2D eigenvalue weighted by Gasteiger charge is 2.19. The van der Waals surface area contributed by atoms with Gasteiger partial charge in [0, 0.05) is 26.0 Å². The first-order valence-electron chi connectivity index (χ1n) is 6.79. The fourth-order valence-electron chi connectivity index (χ4n) is 2.29. The van der Waals surface area contributed by atoms with Crippen LogP contribution in [0.25, 0.3) is 0 Å². The van der Waals surface area contributed by atoms with Gasteiger partial charge in [-0.15, -0.1) is 0 Å². The van der Waals surface area contributed by atoms with E-state index in [0.29, 0.717) is 13.1 Å². The molecule has 3 N–H and O–H groups in total. The van der Waals surface area contributed by atoms with Crippen molar-refractivity contribution < 1.29 is 5.21 Å². The Balaban J connectivity index is 2.10. The van der Waals surface area contributed by atoms with Gasteiger partial charge in [0.15, 0.2) is 0 Å². The number of benzene rings is 1. The van der Waals surface area contributed by atoms with Crippen LogP contribution in [0.5, 0.6) is 0 Å². The van der Waals surface area contributed by atoms with Gasteiger partial charge in [-0.25, -0.2) is 4.98 Å². The summed E-state index contributed by atoms with van der Waals surface area (Å²) < 4.78 is 1.98. The van der Waals surface area contributed by atoms with Crippen molar-refractivity contribution in [3.63, 3.8) is 0 Å². The molecule has 1 aromatic carbocycles. The van der Waals surface area contributed by atoms with Gasteiger partial charge in [-0.2, -0.15) is 0 Å². The summed E-state index contributed by atoms with van der Waals surface area (Å²) in [5.74, 6) is 1.04. The number of rotatable bonds is 6. The maximum absolute atomic E-state index is 9.01. The molecular weight excluding hydrogens is 266 g/mol. The molecule has 112 valence electrons. The summed E-state index contributed by atoms with van der Waals surface area (Å²) in [4.78, 5) is 6.42. The number of aromatic nitrogens is 2. The Morgan fingerprint density at radius 2 is 2.14 bits per heavy atom. The van der Waals surface area contributed by atoms with E-state index in [9.17, 15) is 0 Å². The molecule has 0 radical (unpaired) electrons. The van der Waals surface area contributed by atoms with Crippen molar-refractivity contribution in [3.8, 4) is 0 Å². The van der Waals surface area contributed by atoms with Crippen LogP contribution in [0.15, 0.2) is 47.9 Å². The standard InChI is InChI=1S/C15H21N5O/c1-19(11-14-17-8-9-20(14)2)10-13(15(16)18-21)12-6-4-3-5-7-12/h3-9,13,21H,10-11H2,1-2H3,(H2,16,18). The van der Waals surface area contributed by atoms with E-state index in [1.54, 1.807) is 6.20 Å². The number of likely N-dealkylation sites (N-methyl/N-ethyl adjacent to an activating group) is 1. The van der Waals surface area contributed by atoms with Gasteiger partial charge < -0.3 is 15.5 Å². The number of aryl methyl sites for hydroxylation is 1. The Hall–Kier alpha value is -2.34. The fourth-order valence-corrected chi connectivity index (χ4v) is 2.29. The predicted molar refractivity (Wildman–Crippen MR) is 82.1 cm³/mol. The number of imidazole rings is 1. The highest BCUT2D eigenvalue weighted by molar-refractivity contribution is 5.87. The van der Waals surface area contributed by atoms with E-state index in [0.717, 1.165) is 11.4 Å². The molecule has 0 spiro atoms. The molecule has 0 aliphatic heterocycles. The summed E-state index contributed by atoms with van der Waals surface area (Å²) in [6.45, 7) is 1.35. The predicted octanol–water partition coefficient (Wildman–Crippen LogP) is 1.38. The summed E-state index contributed by atoms with van der Waals surface area (Å²) >= 11 is 0. The maximum Gasteiger partial charge on any atom is 0.147 e. The number of nitrogens with zero attached hydrogens (tertiary/aromatic N) is 4. The molecule has 1 heterocycles. The molecule has 1 atom stereocenters. The topological polar surface area (TPSA) is 79.7 Å². The number of hydrogen-bond donors (Lipinski definition) is 2. The first-order valence-corrected chi connectivity index (χ1v) is 6.79. The summed E-state index contributed by atoms with van der Waals surface area (Å²) in [5.41, 5.74) is 6.88. The van der Waals surface area contributed by atoms with E-state index in [1.807, 2.05) is 55.2 Å². The van der Waals surface area contributed by atoms with Crippen LogP contribution in [0, 0.1) is 0 Å². The van der Waals surface area contributed by atoms with E-state index < -0.39 is 0 Å². The van der Waals surface area contributed by atoms with Crippen molar-refractivity contribution in [2.24, 2.45) is 17.9 Å². The largest absolute Gasteiger partial charge is 0.409 e. The molecule has 2 aromatic rings. The van der Waals surface area contributed by atoms with E-state index in [2.05, 4.69) is 15.0 Å². The third-order valence-electron chi connectivity index (χ3n) is 3.50. The Morgan fingerprint density at radius 1 is 1.43 bits per heavy atom. The molecule has 0 fully saturated rings. The van der Waals surface area contributed by atoms with Crippen molar-refractivity contribution >= 4 is 5.84 Å². The average molecular weight is 287 g/mol. The lowest BCUT2D eigenvalue weighted by atomic mass is 9.97. The van der Waals surface area contributed by atoms with Gasteiger partial charge in [-0.3, -0.25) is 4.90 Å². The van der Waals surface area contributed by atoms with E-state index >= 15 is 0 Å². The normalized spacial score (nSPS) is 13.6. The van der Waals surface area contributed by atoms with Gasteiger partial charge in [0.1, 0.15) is 11.7 Å². The van der Waals surface area contributed by atoms with Crippen LogP contribution in [0.2, 0.25) is 0 Å². The van der Waals surface area contributed by atoms with Gasteiger partial charge in [-0.05, 0) is 12.6 Å². The third-order valence-corrected chi connectivity index (χ3v) is 3.50. The Kier molecular flexibility index (Phi) is 4.94. The smallest absolute Gasteiger partial charge is 0.147 e. The Labute approximate surface area is 124 Å².